The Morgan fingerprint density at radius 2 is 2.00 bits per heavy atom. The molecule has 1 heterocycles. The summed E-state index contributed by atoms with van der Waals surface area (Å²) in [5.41, 5.74) is 1.99. The van der Waals surface area contributed by atoms with Crippen molar-refractivity contribution in [1.29, 1.82) is 0 Å². The third-order valence-corrected chi connectivity index (χ3v) is 4.64. The Kier molecular flexibility index (Phi) is 4.44. The normalized spacial score (nSPS) is 17.6. The molecule has 0 aliphatic carbocycles. The average Bonchev–Trinajstić information content (AvgIpc) is 2.63. The second-order valence-corrected chi connectivity index (χ2v) is 6.15. The lowest BCUT2D eigenvalue weighted by Crippen LogP contribution is -2.47. The predicted octanol–water partition coefficient (Wildman–Crippen LogP) is 3.47. The fraction of sp³-hybridized carbons (Fsp3) is 0.316. The van der Waals surface area contributed by atoms with E-state index in [0.717, 1.165) is 12.1 Å². The van der Waals surface area contributed by atoms with E-state index in [1.165, 1.54) is 13.2 Å². The minimum absolute atomic E-state index is 0.0136. The lowest BCUT2D eigenvalue weighted by molar-refractivity contribution is 0.0593. The zero-order valence-corrected chi connectivity index (χ0v) is 14.5. The number of anilines is 1. The molecule has 0 fully saturated rings. The number of phenolic OH excluding ortho intramolecular Hbond substituents is 2. The van der Waals surface area contributed by atoms with E-state index < -0.39 is 6.17 Å². The Balaban J connectivity index is 2.13. The first-order valence-corrected chi connectivity index (χ1v) is 8.26. The summed E-state index contributed by atoms with van der Waals surface area (Å²) in [6.45, 7) is 4.00. The van der Waals surface area contributed by atoms with Gasteiger partial charge in [-0.1, -0.05) is 19.1 Å². The van der Waals surface area contributed by atoms with E-state index in [4.69, 9.17) is 4.74 Å². The highest BCUT2D eigenvalue weighted by Crippen LogP contribution is 2.42. The molecule has 0 radical (unpaired) electrons. The number of hydrogen-bond donors (Lipinski definition) is 3. The third-order valence-electron chi connectivity index (χ3n) is 4.64. The fourth-order valence-electron chi connectivity index (χ4n) is 3.09. The number of carbonyl (C=O) groups excluding carboxylic acids is 1. The van der Waals surface area contributed by atoms with Crippen LogP contribution in [0.3, 0.4) is 0 Å². The van der Waals surface area contributed by atoms with Gasteiger partial charge in [0.15, 0.2) is 11.5 Å². The molecule has 2 aromatic rings. The number of rotatable bonds is 4. The molecule has 1 amide bonds. The lowest BCUT2D eigenvalue weighted by atomic mass is 10.00. The van der Waals surface area contributed by atoms with Crippen LogP contribution in [0.25, 0.3) is 0 Å². The second kappa shape index (κ2) is 6.55. The molecule has 1 aliphatic rings. The van der Waals surface area contributed by atoms with E-state index in [2.05, 4.69) is 5.32 Å². The lowest BCUT2D eigenvalue weighted by Gasteiger charge is -2.41. The van der Waals surface area contributed by atoms with Gasteiger partial charge in [-0.15, -0.1) is 0 Å². The van der Waals surface area contributed by atoms with Gasteiger partial charge >= 0.3 is 0 Å². The Bertz CT molecular complexity index is 806. The molecular formula is C19H22N2O4. The van der Waals surface area contributed by atoms with E-state index in [-0.39, 0.29) is 29.2 Å². The molecule has 3 rings (SSSR count). The number of amides is 1. The standard InChI is InChI=1S/C19H22N2O4/c1-4-11(2)21-18(12-9-15(22)17(23)16(10-12)25-3)20-14-8-6-5-7-13(14)19(21)24/h5-11,18,20,22-23H,4H2,1-3H3/t11-,18+/m0/s1. The van der Waals surface area contributed by atoms with Gasteiger partial charge in [-0.25, -0.2) is 0 Å². The fourth-order valence-corrected chi connectivity index (χ4v) is 3.09. The van der Waals surface area contributed by atoms with Gasteiger partial charge in [-0.05, 0) is 37.6 Å². The summed E-state index contributed by atoms with van der Waals surface area (Å²) in [6, 6.07) is 10.4. The van der Waals surface area contributed by atoms with Crippen molar-refractivity contribution in [2.75, 3.05) is 12.4 Å². The summed E-state index contributed by atoms with van der Waals surface area (Å²) >= 11 is 0. The Labute approximate surface area is 146 Å². The number of methoxy groups -OCH3 is 1. The van der Waals surface area contributed by atoms with Crippen LogP contribution >= 0.6 is 0 Å². The van der Waals surface area contributed by atoms with Crippen LogP contribution in [0.5, 0.6) is 17.2 Å². The van der Waals surface area contributed by atoms with Gasteiger partial charge < -0.3 is 25.2 Å². The van der Waals surface area contributed by atoms with Crippen LogP contribution in [-0.4, -0.2) is 34.2 Å². The molecule has 0 spiro atoms. The van der Waals surface area contributed by atoms with Crippen molar-refractivity contribution in [1.82, 2.24) is 4.90 Å². The molecule has 6 nitrogen and oxygen atoms in total. The van der Waals surface area contributed by atoms with Crippen LogP contribution in [0.1, 0.15) is 42.4 Å². The highest BCUT2D eigenvalue weighted by Gasteiger charge is 2.36. The van der Waals surface area contributed by atoms with E-state index >= 15 is 0 Å². The molecule has 0 aromatic heterocycles. The van der Waals surface area contributed by atoms with Gasteiger partial charge in [0.1, 0.15) is 6.17 Å². The molecule has 0 saturated carbocycles. The highest BCUT2D eigenvalue weighted by atomic mass is 16.5. The summed E-state index contributed by atoms with van der Waals surface area (Å²) in [6.07, 6.45) is 0.311. The maximum Gasteiger partial charge on any atom is 0.258 e. The van der Waals surface area contributed by atoms with Crippen molar-refractivity contribution < 1.29 is 19.7 Å². The monoisotopic (exact) mass is 342 g/mol. The number of fused-ring (bicyclic) bond motifs is 1. The van der Waals surface area contributed by atoms with Crippen molar-refractivity contribution in [3.05, 3.63) is 47.5 Å². The first-order chi connectivity index (χ1) is 12.0. The summed E-state index contributed by atoms with van der Waals surface area (Å²) in [5.74, 6) is -0.511. The smallest absolute Gasteiger partial charge is 0.258 e. The zero-order valence-electron chi connectivity index (χ0n) is 14.5. The van der Waals surface area contributed by atoms with Crippen LogP contribution in [0.2, 0.25) is 0 Å². The van der Waals surface area contributed by atoms with Gasteiger partial charge in [0, 0.05) is 17.3 Å². The molecule has 2 aromatic carbocycles. The number of ether oxygens (including phenoxy) is 1. The molecular weight excluding hydrogens is 320 g/mol. The minimum Gasteiger partial charge on any atom is -0.504 e. The molecule has 0 saturated heterocycles. The van der Waals surface area contributed by atoms with Gasteiger partial charge in [-0.2, -0.15) is 0 Å². The van der Waals surface area contributed by atoms with Crippen molar-refractivity contribution in [2.45, 2.75) is 32.5 Å². The Morgan fingerprint density at radius 1 is 1.28 bits per heavy atom. The molecule has 1 aliphatic heterocycles. The molecule has 6 heteroatoms. The van der Waals surface area contributed by atoms with Crippen LogP contribution in [0.4, 0.5) is 5.69 Å². The van der Waals surface area contributed by atoms with Crippen LogP contribution in [0.15, 0.2) is 36.4 Å². The average molecular weight is 342 g/mol. The van der Waals surface area contributed by atoms with Gasteiger partial charge in [0.05, 0.1) is 12.7 Å². The Hall–Kier alpha value is -2.89. The Morgan fingerprint density at radius 3 is 2.68 bits per heavy atom. The molecule has 25 heavy (non-hydrogen) atoms. The predicted molar refractivity (Wildman–Crippen MR) is 95.1 cm³/mol. The van der Waals surface area contributed by atoms with Crippen molar-refractivity contribution in [3.63, 3.8) is 0 Å². The topological polar surface area (TPSA) is 82.0 Å². The molecule has 2 atom stereocenters. The largest absolute Gasteiger partial charge is 0.504 e. The minimum atomic E-state index is -0.474. The van der Waals surface area contributed by atoms with Crippen molar-refractivity contribution >= 4 is 11.6 Å². The zero-order chi connectivity index (χ0) is 18.1. The maximum atomic E-state index is 13.0. The van der Waals surface area contributed by atoms with Crippen LogP contribution in [0, 0.1) is 0 Å². The van der Waals surface area contributed by atoms with E-state index in [1.54, 1.807) is 17.0 Å². The SMILES string of the molecule is CC[C@H](C)N1C(=O)c2ccccc2N[C@H]1c1cc(O)c(O)c(OC)c1. The summed E-state index contributed by atoms with van der Waals surface area (Å²) in [4.78, 5) is 14.8. The number of phenols is 2. The van der Waals surface area contributed by atoms with Gasteiger partial charge in [0.2, 0.25) is 5.75 Å². The van der Waals surface area contributed by atoms with E-state index in [0.29, 0.717) is 11.1 Å². The first kappa shape index (κ1) is 17.0. The third kappa shape index (κ3) is 2.84. The first-order valence-electron chi connectivity index (χ1n) is 8.26. The molecule has 132 valence electrons. The highest BCUT2D eigenvalue weighted by molar-refractivity contribution is 6.01. The summed E-state index contributed by atoms with van der Waals surface area (Å²) in [5, 5.41) is 23.3. The number of hydrogen-bond acceptors (Lipinski definition) is 5. The molecule has 0 bridgehead atoms. The molecule has 0 unspecified atom stereocenters. The molecule has 3 N–H and O–H groups in total. The number of benzene rings is 2. The van der Waals surface area contributed by atoms with Crippen molar-refractivity contribution in [2.24, 2.45) is 0 Å². The number of nitrogens with zero attached hydrogens (tertiary/aromatic N) is 1. The van der Waals surface area contributed by atoms with Crippen LogP contribution < -0.4 is 10.1 Å². The van der Waals surface area contributed by atoms with Gasteiger partial charge in [-0.3, -0.25) is 4.79 Å². The number of carbonyl (C=O) groups is 1. The second-order valence-electron chi connectivity index (χ2n) is 6.15. The van der Waals surface area contributed by atoms with Crippen molar-refractivity contribution in [3.8, 4) is 17.2 Å². The van der Waals surface area contributed by atoms with E-state index in [1.807, 2.05) is 32.0 Å². The maximum absolute atomic E-state index is 13.0. The number of para-hydroxylation sites is 1. The van der Waals surface area contributed by atoms with Gasteiger partial charge in [0.25, 0.3) is 5.91 Å². The van der Waals surface area contributed by atoms with E-state index in [9.17, 15) is 15.0 Å². The summed E-state index contributed by atoms with van der Waals surface area (Å²) in [7, 11) is 1.42. The number of aromatic hydroxyl groups is 2. The summed E-state index contributed by atoms with van der Waals surface area (Å²) < 4.78 is 5.13. The van der Waals surface area contributed by atoms with Crippen LogP contribution in [-0.2, 0) is 0 Å². The quantitative estimate of drug-likeness (QED) is 0.741. The number of nitrogens with one attached hydrogen (secondary N) is 1.